The van der Waals surface area contributed by atoms with Crippen molar-refractivity contribution in [2.45, 2.75) is 50.5 Å². The van der Waals surface area contributed by atoms with Crippen molar-refractivity contribution in [1.29, 1.82) is 0 Å². The molecule has 10 heavy (non-hydrogen) atoms. The Labute approximate surface area is 62.4 Å². The van der Waals surface area contributed by atoms with Crippen molar-refractivity contribution < 1.29 is 5.11 Å². The summed E-state index contributed by atoms with van der Waals surface area (Å²) in [6, 6.07) is 0. The molecule has 1 heteroatoms. The van der Waals surface area contributed by atoms with Crippen LogP contribution in [0, 0.1) is 5.92 Å². The van der Waals surface area contributed by atoms with Crippen LogP contribution in [0.5, 0.6) is 0 Å². The van der Waals surface area contributed by atoms with Crippen LogP contribution in [-0.4, -0.2) is 10.7 Å². The van der Waals surface area contributed by atoms with Gasteiger partial charge in [-0.1, -0.05) is 19.3 Å². The zero-order valence-corrected chi connectivity index (χ0v) is 6.47. The predicted molar refractivity (Wildman–Crippen MR) is 40.8 cm³/mol. The molecule has 0 heterocycles. The molecule has 2 aliphatic rings. The van der Waals surface area contributed by atoms with Crippen LogP contribution in [0.3, 0.4) is 0 Å². The third-order valence-electron chi connectivity index (χ3n) is 3.33. The van der Waals surface area contributed by atoms with Gasteiger partial charge >= 0.3 is 0 Å². The van der Waals surface area contributed by atoms with Crippen LogP contribution >= 0.6 is 0 Å². The molecule has 2 rings (SSSR count). The first-order chi connectivity index (χ1) is 4.81. The lowest BCUT2D eigenvalue weighted by molar-refractivity contribution is -0.0269. The standard InChI is InChI=1S/C9H16O/c10-9-6-2-1-4-8(9)5-3-7-9/h8,10H,1-7H2/t8-,9-/m0/s1. The lowest BCUT2D eigenvalue weighted by Gasteiger charge is -2.34. The second kappa shape index (κ2) is 2.23. The molecule has 0 aliphatic heterocycles. The summed E-state index contributed by atoms with van der Waals surface area (Å²) in [6.45, 7) is 0. The van der Waals surface area contributed by atoms with Gasteiger partial charge in [0.15, 0.2) is 0 Å². The SMILES string of the molecule is O[C@]12CCCC[C@H]1CCC2. The highest BCUT2D eigenvalue weighted by atomic mass is 16.3. The van der Waals surface area contributed by atoms with Crippen LogP contribution in [0.2, 0.25) is 0 Å². The monoisotopic (exact) mass is 140 g/mol. The van der Waals surface area contributed by atoms with Gasteiger partial charge in [-0.15, -0.1) is 0 Å². The van der Waals surface area contributed by atoms with Gasteiger partial charge in [0.05, 0.1) is 5.60 Å². The molecule has 0 saturated heterocycles. The molecule has 58 valence electrons. The van der Waals surface area contributed by atoms with Crippen molar-refractivity contribution in [3.63, 3.8) is 0 Å². The Balaban J connectivity index is 2.10. The van der Waals surface area contributed by atoms with Gasteiger partial charge < -0.3 is 5.11 Å². The first-order valence-corrected chi connectivity index (χ1v) is 4.54. The number of aliphatic hydroxyl groups is 1. The Morgan fingerprint density at radius 1 is 1.00 bits per heavy atom. The van der Waals surface area contributed by atoms with Crippen molar-refractivity contribution in [2.75, 3.05) is 0 Å². The summed E-state index contributed by atoms with van der Waals surface area (Å²) < 4.78 is 0. The Bertz CT molecular complexity index is 133. The van der Waals surface area contributed by atoms with E-state index in [1.54, 1.807) is 0 Å². The molecule has 0 bridgehead atoms. The summed E-state index contributed by atoms with van der Waals surface area (Å²) in [7, 11) is 0. The third kappa shape index (κ3) is 0.878. The number of fused-ring (bicyclic) bond motifs is 1. The second-order valence-electron chi connectivity index (χ2n) is 3.94. The van der Waals surface area contributed by atoms with Gasteiger partial charge in [-0.2, -0.15) is 0 Å². The van der Waals surface area contributed by atoms with Gasteiger partial charge in [0.2, 0.25) is 0 Å². The number of rotatable bonds is 0. The third-order valence-corrected chi connectivity index (χ3v) is 3.33. The zero-order chi connectivity index (χ0) is 7.03. The molecule has 2 fully saturated rings. The summed E-state index contributed by atoms with van der Waals surface area (Å²) in [5.41, 5.74) is -0.210. The Morgan fingerprint density at radius 2 is 1.70 bits per heavy atom. The average Bonchev–Trinajstić information content (AvgIpc) is 2.29. The minimum Gasteiger partial charge on any atom is -0.390 e. The molecule has 0 unspecified atom stereocenters. The fourth-order valence-electron chi connectivity index (χ4n) is 2.69. The van der Waals surface area contributed by atoms with Crippen molar-refractivity contribution in [3.8, 4) is 0 Å². The lowest BCUT2D eigenvalue weighted by atomic mass is 9.78. The van der Waals surface area contributed by atoms with E-state index in [1.165, 1.54) is 32.1 Å². The van der Waals surface area contributed by atoms with Crippen LogP contribution in [0.25, 0.3) is 0 Å². The highest BCUT2D eigenvalue weighted by Gasteiger charge is 2.41. The van der Waals surface area contributed by atoms with E-state index in [1.807, 2.05) is 0 Å². The van der Waals surface area contributed by atoms with E-state index < -0.39 is 0 Å². The normalized spacial score (nSPS) is 47.1. The van der Waals surface area contributed by atoms with Gasteiger partial charge in [0.25, 0.3) is 0 Å². The van der Waals surface area contributed by atoms with Crippen LogP contribution in [0.15, 0.2) is 0 Å². The average molecular weight is 140 g/mol. The molecule has 0 radical (unpaired) electrons. The maximum absolute atomic E-state index is 10.0. The molecular weight excluding hydrogens is 124 g/mol. The van der Waals surface area contributed by atoms with Crippen LogP contribution in [-0.2, 0) is 0 Å². The highest BCUT2D eigenvalue weighted by Crippen LogP contribution is 2.45. The maximum Gasteiger partial charge on any atom is 0.0675 e. The summed E-state index contributed by atoms with van der Waals surface area (Å²) in [5.74, 6) is 0.668. The van der Waals surface area contributed by atoms with E-state index in [0.717, 1.165) is 12.8 Å². The Morgan fingerprint density at radius 3 is 2.50 bits per heavy atom. The van der Waals surface area contributed by atoms with Crippen LogP contribution < -0.4 is 0 Å². The molecule has 1 nitrogen and oxygen atoms in total. The fraction of sp³-hybridized carbons (Fsp3) is 1.00. The van der Waals surface area contributed by atoms with Crippen molar-refractivity contribution in [2.24, 2.45) is 5.92 Å². The first-order valence-electron chi connectivity index (χ1n) is 4.54. The summed E-state index contributed by atoms with van der Waals surface area (Å²) in [4.78, 5) is 0. The molecule has 0 aromatic rings. The molecule has 0 aromatic heterocycles. The molecule has 0 aromatic carbocycles. The fourth-order valence-corrected chi connectivity index (χ4v) is 2.69. The van der Waals surface area contributed by atoms with Gasteiger partial charge in [0.1, 0.15) is 0 Å². The van der Waals surface area contributed by atoms with E-state index in [-0.39, 0.29) is 5.60 Å². The molecule has 1 N–H and O–H groups in total. The summed E-state index contributed by atoms with van der Waals surface area (Å²) in [6.07, 6.45) is 8.61. The van der Waals surface area contributed by atoms with Gasteiger partial charge in [-0.05, 0) is 31.6 Å². The molecule has 0 spiro atoms. The van der Waals surface area contributed by atoms with E-state index >= 15 is 0 Å². The topological polar surface area (TPSA) is 20.2 Å². The predicted octanol–water partition coefficient (Wildman–Crippen LogP) is 2.09. The largest absolute Gasteiger partial charge is 0.390 e. The second-order valence-corrected chi connectivity index (χ2v) is 3.94. The molecule has 2 aliphatic carbocycles. The van der Waals surface area contributed by atoms with E-state index in [2.05, 4.69) is 0 Å². The molecule has 2 saturated carbocycles. The van der Waals surface area contributed by atoms with Gasteiger partial charge in [0, 0.05) is 0 Å². The quantitative estimate of drug-likeness (QED) is 0.546. The molecular formula is C9H16O. The van der Waals surface area contributed by atoms with E-state index in [9.17, 15) is 5.11 Å². The van der Waals surface area contributed by atoms with Gasteiger partial charge in [-0.25, -0.2) is 0 Å². The van der Waals surface area contributed by atoms with E-state index in [0.29, 0.717) is 5.92 Å². The zero-order valence-electron chi connectivity index (χ0n) is 6.47. The smallest absolute Gasteiger partial charge is 0.0675 e. The minimum atomic E-state index is -0.210. The van der Waals surface area contributed by atoms with Gasteiger partial charge in [-0.3, -0.25) is 0 Å². The number of hydrogen-bond acceptors (Lipinski definition) is 1. The Kier molecular flexibility index (Phi) is 1.48. The summed E-state index contributed by atoms with van der Waals surface area (Å²) >= 11 is 0. The Hall–Kier alpha value is -0.0400. The maximum atomic E-state index is 10.0. The summed E-state index contributed by atoms with van der Waals surface area (Å²) in [5, 5.41) is 10.0. The van der Waals surface area contributed by atoms with Crippen molar-refractivity contribution >= 4 is 0 Å². The van der Waals surface area contributed by atoms with Crippen molar-refractivity contribution in [3.05, 3.63) is 0 Å². The molecule has 0 amide bonds. The first kappa shape index (κ1) is 6.66. The minimum absolute atomic E-state index is 0.210. The van der Waals surface area contributed by atoms with Crippen LogP contribution in [0.1, 0.15) is 44.9 Å². The lowest BCUT2D eigenvalue weighted by Crippen LogP contribution is -2.35. The van der Waals surface area contributed by atoms with Crippen LogP contribution in [0.4, 0.5) is 0 Å². The van der Waals surface area contributed by atoms with Crippen molar-refractivity contribution in [1.82, 2.24) is 0 Å². The number of hydrogen-bond donors (Lipinski definition) is 1. The van der Waals surface area contributed by atoms with E-state index in [4.69, 9.17) is 0 Å². The molecule has 2 atom stereocenters. The highest BCUT2D eigenvalue weighted by molar-refractivity contribution is 4.94.